The third-order valence-electron chi connectivity index (χ3n) is 0. The molecule has 0 spiro atoms. The van der Waals surface area contributed by atoms with E-state index in [0.717, 1.165) is 0 Å². The van der Waals surface area contributed by atoms with Gasteiger partial charge in [-0.3, -0.25) is 0 Å². The second-order valence-corrected chi connectivity index (χ2v) is 0. The molecule has 0 radical (unpaired) electrons. The molecule has 0 N–H and O–H groups in total. The molecule has 0 aliphatic rings. The van der Waals surface area contributed by atoms with Gasteiger partial charge in [0.1, 0.15) is 0 Å². The van der Waals surface area contributed by atoms with Crippen LogP contribution in [0.25, 0.3) is 0 Å². The third-order valence-corrected chi connectivity index (χ3v) is 0. The molecule has 0 aromatic carbocycles. The molecule has 0 amide bonds. The minimum absolute atomic E-state index is 0. The molecule has 0 nitrogen and oxygen atoms in total. The van der Waals surface area contributed by atoms with Crippen LogP contribution in [0.2, 0.25) is 0 Å². The van der Waals surface area contributed by atoms with E-state index >= 15 is 0 Å². The first-order chi connectivity index (χ1) is 0. The normalized spacial score (nSPS) is 0. The Morgan fingerprint density at radius 1 is 1.00 bits per heavy atom. The molecule has 0 fully saturated rings. The van der Waals surface area contributed by atoms with Crippen molar-refractivity contribution in [3.05, 3.63) is 0 Å². The van der Waals surface area contributed by atoms with E-state index in [4.69, 9.17) is 0 Å². The van der Waals surface area contributed by atoms with Crippen molar-refractivity contribution in [1.29, 1.82) is 0 Å². The van der Waals surface area contributed by atoms with E-state index in [-0.39, 0.29) is 78.8 Å². The average Bonchev–Trinajstić information content (AvgIpc) is 0. The van der Waals surface area contributed by atoms with Crippen molar-refractivity contribution in [1.82, 2.24) is 0 Å². The van der Waals surface area contributed by atoms with Crippen LogP contribution >= 0.6 is 0 Å². The Bertz CT molecular complexity index is 8.00. The van der Waals surface area contributed by atoms with Gasteiger partial charge in [-0.25, -0.2) is 0 Å². The van der Waals surface area contributed by atoms with Gasteiger partial charge >= 0.3 is 41.9 Å². The van der Waals surface area contributed by atoms with Crippen LogP contribution in [0.5, 0.6) is 0 Å². The number of hydrogen-bond acceptors (Lipinski definition) is 0. The summed E-state index contributed by atoms with van der Waals surface area (Å²) in [4.78, 5) is 0. The van der Waals surface area contributed by atoms with Crippen molar-refractivity contribution in [2.45, 2.75) is 0 Å². The molecule has 0 unspecified atom stereocenters. The summed E-state index contributed by atoms with van der Waals surface area (Å²) < 4.78 is 0. The van der Waals surface area contributed by atoms with Gasteiger partial charge in [-0.2, -0.15) is 0 Å². The van der Waals surface area contributed by atoms with E-state index in [1.54, 1.807) is 0 Å². The summed E-state index contributed by atoms with van der Waals surface area (Å²) in [5.41, 5.74) is 0. The maximum absolute atomic E-state index is 0. The van der Waals surface area contributed by atoms with Crippen LogP contribution in [0, 0.1) is 0 Å². The number of hydrogen-bond donors (Lipinski definition) is 0. The minimum Gasteiger partial charge on any atom is 0 e. The Labute approximate surface area is 77.7 Å². The molecule has 0 aromatic rings. The standard InChI is InChI=1S/Al.Li.Mg.Zn.6H. The van der Waals surface area contributed by atoms with Crippen molar-refractivity contribution < 1.29 is 19.5 Å². The second-order valence-electron chi connectivity index (χ2n) is 0. The largest absolute Gasteiger partial charge is 0.316 e. The fourth-order valence-corrected chi connectivity index (χ4v) is 0. The maximum Gasteiger partial charge on any atom is 0.316 e. The molecule has 0 rings (SSSR count). The van der Waals surface area contributed by atoms with Gasteiger partial charge in [-0.05, 0) is 0 Å². The Morgan fingerprint density at radius 2 is 1.00 bits per heavy atom. The van der Waals surface area contributed by atoms with E-state index in [1.807, 2.05) is 0 Å². The molecular formula is H6AlLiMgZn. The van der Waals surface area contributed by atoms with Gasteiger partial charge in [0.2, 0.25) is 0 Å². The summed E-state index contributed by atoms with van der Waals surface area (Å²) >= 11 is 0. The van der Waals surface area contributed by atoms with Gasteiger partial charge in [0.25, 0.3) is 0 Å². The minimum atomic E-state index is 0. The van der Waals surface area contributed by atoms with Gasteiger partial charge in [0, 0.05) is 19.5 Å². The van der Waals surface area contributed by atoms with Crippen LogP contribution in [0.3, 0.4) is 0 Å². The molecule has 0 aliphatic carbocycles. The van der Waals surface area contributed by atoms with E-state index in [1.165, 1.54) is 0 Å². The van der Waals surface area contributed by atoms with Gasteiger partial charge < -0.3 is 0 Å². The molecule has 0 saturated heterocycles. The fraction of sp³-hybridized carbons (Fsp3) is 0. The van der Waals surface area contributed by atoms with Gasteiger partial charge in [0.05, 0.1) is 0 Å². The number of rotatable bonds is 0. The molecular weight excluding hydrogens is 124 g/mol. The topological polar surface area (TPSA) is 0 Å². The monoisotopic (exact) mass is 128 g/mol. The summed E-state index contributed by atoms with van der Waals surface area (Å²) in [6.45, 7) is 0. The maximum atomic E-state index is 0. The molecule has 0 bridgehead atoms. The first kappa shape index (κ1) is 31.3. The molecule has 0 heterocycles. The van der Waals surface area contributed by atoms with Crippen LogP contribution in [-0.2, 0) is 19.5 Å². The smallest absolute Gasteiger partial charge is 0 e. The van der Waals surface area contributed by atoms with Crippen LogP contribution in [-0.4, -0.2) is 59.3 Å². The Hall–Kier alpha value is 2.52. The predicted octanol–water partition coefficient (Wildman–Crippen LogP) is -2.75. The molecule has 0 atom stereocenters. The Kier molecular flexibility index (Phi) is 139. The Balaban J connectivity index is 0. The summed E-state index contributed by atoms with van der Waals surface area (Å²) in [5.74, 6) is 0. The van der Waals surface area contributed by atoms with Crippen LogP contribution < -0.4 is 0 Å². The van der Waals surface area contributed by atoms with Gasteiger partial charge in [-0.1, -0.05) is 0 Å². The SMILES string of the molecule is [AlH3].[LiH].[MgH2].[Zn]. The molecule has 4 heavy (non-hydrogen) atoms. The first-order valence-electron chi connectivity index (χ1n) is 0. The van der Waals surface area contributed by atoms with E-state index in [9.17, 15) is 0 Å². The zero-order valence-corrected chi connectivity index (χ0v) is 3.67. The van der Waals surface area contributed by atoms with E-state index in [2.05, 4.69) is 0 Å². The van der Waals surface area contributed by atoms with Crippen LogP contribution in [0.4, 0.5) is 0 Å². The molecule has 0 aromatic heterocycles. The third kappa shape index (κ3) is 8.82. The zero-order valence-electron chi connectivity index (χ0n) is 0.707. The van der Waals surface area contributed by atoms with Crippen molar-refractivity contribution in [3.63, 3.8) is 0 Å². The predicted molar refractivity (Wildman–Crippen MR) is 25.6 cm³/mol. The van der Waals surface area contributed by atoms with Crippen molar-refractivity contribution >= 4 is 59.3 Å². The van der Waals surface area contributed by atoms with E-state index in [0.29, 0.717) is 0 Å². The summed E-state index contributed by atoms with van der Waals surface area (Å²) in [6.07, 6.45) is 0. The first-order valence-corrected chi connectivity index (χ1v) is 0. The zero-order chi connectivity index (χ0) is 0. The van der Waals surface area contributed by atoms with E-state index < -0.39 is 0 Å². The average molecular weight is 130 g/mol. The molecule has 4 heteroatoms. The van der Waals surface area contributed by atoms with Crippen LogP contribution in [0.1, 0.15) is 0 Å². The van der Waals surface area contributed by atoms with Crippen molar-refractivity contribution in [2.24, 2.45) is 0 Å². The summed E-state index contributed by atoms with van der Waals surface area (Å²) in [7, 11) is 0. The summed E-state index contributed by atoms with van der Waals surface area (Å²) in [6, 6.07) is 0. The molecule has 14 valence electrons. The van der Waals surface area contributed by atoms with Gasteiger partial charge in [0.15, 0.2) is 17.4 Å². The van der Waals surface area contributed by atoms with Crippen molar-refractivity contribution in [2.75, 3.05) is 0 Å². The Morgan fingerprint density at radius 3 is 1.00 bits per heavy atom. The fourth-order valence-electron chi connectivity index (χ4n) is 0. The van der Waals surface area contributed by atoms with Gasteiger partial charge in [-0.15, -0.1) is 0 Å². The second kappa shape index (κ2) is 17.8. The molecule has 0 saturated carbocycles. The van der Waals surface area contributed by atoms with Crippen LogP contribution in [0.15, 0.2) is 0 Å². The van der Waals surface area contributed by atoms with Crippen molar-refractivity contribution in [3.8, 4) is 0 Å². The molecule has 0 aliphatic heterocycles. The quantitative estimate of drug-likeness (QED) is 0.311. The summed E-state index contributed by atoms with van der Waals surface area (Å²) in [5, 5.41) is 0.